The summed E-state index contributed by atoms with van der Waals surface area (Å²) in [4.78, 5) is 14.8. The molecule has 0 saturated carbocycles. The number of nitrogens with zero attached hydrogens (tertiary/aromatic N) is 1. The van der Waals surface area contributed by atoms with Crippen molar-refractivity contribution in [1.82, 2.24) is 10.2 Å². The van der Waals surface area contributed by atoms with Gasteiger partial charge in [-0.05, 0) is 62.9 Å². The van der Waals surface area contributed by atoms with Crippen molar-refractivity contribution in [2.24, 2.45) is 5.92 Å². The molecule has 0 atom stereocenters. The van der Waals surface area contributed by atoms with Crippen LogP contribution in [0.3, 0.4) is 0 Å². The molecule has 1 aliphatic heterocycles. The Bertz CT molecular complexity index is 754. The molecule has 3 rings (SSSR count). The number of piperidine rings is 1. The van der Waals surface area contributed by atoms with Gasteiger partial charge < -0.3 is 5.32 Å². The zero-order chi connectivity index (χ0) is 19.1. The highest BCUT2D eigenvalue weighted by atomic mass is 35.5. The first-order valence-electron chi connectivity index (χ1n) is 9.91. The summed E-state index contributed by atoms with van der Waals surface area (Å²) in [5.41, 5.74) is 3.80. The Morgan fingerprint density at radius 3 is 2.67 bits per heavy atom. The summed E-state index contributed by atoms with van der Waals surface area (Å²) in [6, 6.07) is 16.6. The number of carbonyl (C=O) groups is 1. The molecule has 4 heteroatoms. The zero-order valence-corrected chi connectivity index (χ0v) is 16.8. The number of hydrogen-bond acceptors (Lipinski definition) is 2. The van der Waals surface area contributed by atoms with Crippen molar-refractivity contribution in [3.63, 3.8) is 0 Å². The van der Waals surface area contributed by atoms with Gasteiger partial charge in [0.1, 0.15) is 0 Å². The maximum Gasteiger partial charge on any atom is 0.223 e. The predicted octanol–water partition coefficient (Wildman–Crippen LogP) is 4.61. The molecular formula is C23H29ClN2O. The molecule has 0 spiro atoms. The third-order valence-corrected chi connectivity index (χ3v) is 5.70. The van der Waals surface area contributed by atoms with Gasteiger partial charge in [0.25, 0.3) is 0 Å². The summed E-state index contributed by atoms with van der Waals surface area (Å²) >= 11 is 6.26. The highest BCUT2D eigenvalue weighted by Crippen LogP contribution is 2.22. The van der Waals surface area contributed by atoms with Crippen molar-refractivity contribution in [2.75, 3.05) is 19.6 Å². The van der Waals surface area contributed by atoms with Crippen LogP contribution in [-0.4, -0.2) is 30.4 Å². The molecule has 1 heterocycles. The largest absolute Gasteiger partial charge is 0.356 e. The lowest BCUT2D eigenvalue weighted by Gasteiger charge is -2.31. The van der Waals surface area contributed by atoms with Gasteiger partial charge in [-0.1, -0.05) is 59.6 Å². The second-order valence-electron chi connectivity index (χ2n) is 7.53. The van der Waals surface area contributed by atoms with Gasteiger partial charge in [-0.3, -0.25) is 9.69 Å². The quantitative estimate of drug-likeness (QED) is 0.707. The van der Waals surface area contributed by atoms with E-state index in [4.69, 9.17) is 11.6 Å². The van der Waals surface area contributed by atoms with Crippen LogP contribution in [0.25, 0.3) is 0 Å². The summed E-state index contributed by atoms with van der Waals surface area (Å²) in [7, 11) is 0. The first kappa shape index (κ1) is 19.9. The molecule has 2 aromatic rings. The van der Waals surface area contributed by atoms with Crippen LogP contribution in [0, 0.1) is 12.8 Å². The van der Waals surface area contributed by atoms with Crippen molar-refractivity contribution >= 4 is 17.5 Å². The third kappa shape index (κ3) is 6.08. The number of carbonyl (C=O) groups excluding carboxylic acids is 1. The van der Waals surface area contributed by atoms with Crippen LogP contribution in [-0.2, 0) is 17.8 Å². The Labute approximate surface area is 167 Å². The fraction of sp³-hybridized carbons (Fsp3) is 0.435. The smallest absolute Gasteiger partial charge is 0.223 e. The fourth-order valence-corrected chi connectivity index (χ4v) is 3.93. The normalized spacial score (nSPS) is 15.6. The van der Waals surface area contributed by atoms with Gasteiger partial charge in [0, 0.05) is 24.0 Å². The molecule has 27 heavy (non-hydrogen) atoms. The Morgan fingerprint density at radius 2 is 1.93 bits per heavy atom. The molecule has 1 aliphatic rings. The van der Waals surface area contributed by atoms with Crippen LogP contribution < -0.4 is 5.32 Å². The first-order chi connectivity index (χ1) is 13.1. The number of aryl methyl sites for hydroxylation is 2. The number of nitrogens with one attached hydrogen (secondary N) is 1. The molecule has 1 N–H and O–H groups in total. The lowest BCUT2D eigenvalue weighted by molar-refractivity contribution is -0.126. The van der Waals surface area contributed by atoms with Crippen LogP contribution >= 0.6 is 11.6 Å². The van der Waals surface area contributed by atoms with E-state index in [1.807, 2.05) is 18.2 Å². The number of amides is 1. The second kappa shape index (κ2) is 9.91. The molecular weight excluding hydrogens is 356 g/mol. The van der Waals surface area contributed by atoms with Gasteiger partial charge in [-0.15, -0.1) is 0 Å². The highest BCUT2D eigenvalue weighted by molar-refractivity contribution is 6.31. The minimum atomic E-state index is 0.145. The number of likely N-dealkylation sites (tertiary alicyclic amines) is 1. The summed E-state index contributed by atoms with van der Waals surface area (Å²) in [5.74, 6) is 0.364. The number of hydrogen-bond donors (Lipinski definition) is 1. The molecule has 1 fully saturated rings. The topological polar surface area (TPSA) is 32.3 Å². The molecule has 2 aromatic carbocycles. The van der Waals surface area contributed by atoms with E-state index < -0.39 is 0 Å². The van der Waals surface area contributed by atoms with E-state index >= 15 is 0 Å². The van der Waals surface area contributed by atoms with Crippen molar-refractivity contribution < 1.29 is 4.79 Å². The van der Waals surface area contributed by atoms with E-state index in [-0.39, 0.29) is 11.8 Å². The van der Waals surface area contributed by atoms with E-state index in [9.17, 15) is 4.79 Å². The van der Waals surface area contributed by atoms with Gasteiger partial charge in [0.15, 0.2) is 0 Å². The van der Waals surface area contributed by atoms with Crippen molar-refractivity contribution in [3.8, 4) is 0 Å². The third-order valence-electron chi connectivity index (χ3n) is 5.33. The molecule has 144 valence electrons. The lowest BCUT2D eigenvalue weighted by atomic mass is 9.95. The fourth-order valence-electron chi connectivity index (χ4n) is 3.74. The summed E-state index contributed by atoms with van der Waals surface area (Å²) in [6.45, 7) is 5.64. The Balaban J connectivity index is 1.35. The lowest BCUT2D eigenvalue weighted by Crippen LogP contribution is -2.40. The van der Waals surface area contributed by atoms with E-state index in [2.05, 4.69) is 47.5 Å². The number of rotatable bonds is 7. The highest BCUT2D eigenvalue weighted by Gasteiger charge is 2.24. The standard InChI is InChI=1S/C23H29ClN2O/c1-18-6-4-7-19(16-18)8-5-13-25-23(27)20-11-14-26(15-12-20)17-21-9-2-3-10-22(21)24/h2-4,6-7,9-10,16,20H,5,8,11-15,17H2,1H3,(H,25,27). The van der Waals surface area contributed by atoms with Crippen molar-refractivity contribution in [3.05, 3.63) is 70.2 Å². The molecule has 0 unspecified atom stereocenters. The van der Waals surface area contributed by atoms with Crippen LogP contribution in [0.1, 0.15) is 36.0 Å². The average molecular weight is 385 g/mol. The predicted molar refractivity (Wildman–Crippen MR) is 112 cm³/mol. The Morgan fingerprint density at radius 1 is 1.15 bits per heavy atom. The molecule has 0 radical (unpaired) electrons. The minimum absolute atomic E-state index is 0.145. The molecule has 0 bridgehead atoms. The maximum atomic E-state index is 12.4. The molecule has 0 aromatic heterocycles. The van der Waals surface area contributed by atoms with Crippen molar-refractivity contribution in [1.29, 1.82) is 0 Å². The zero-order valence-electron chi connectivity index (χ0n) is 16.1. The maximum absolute atomic E-state index is 12.4. The Hall–Kier alpha value is -1.84. The first-order valence-corrected chi connectivity index (χ1v) is 10.3. The second-order valence-corrected chi connectivity index (χ2v) is 7.93. The van der Waals surface area contributed by atoms with Crippen LogP contribution in [0.2, 0.25) is 5.02 Å². The van der Waals surface area contributed by atoms with Gasteiger partial charge >= 0.3 is 0 Å². The van der Waals surface area contributed by atoms with Gasteiger partial charge in [-0.2, -0.15) is 0 Å². The van der Waals surface area contributed by atoms with Gasteiger partial charge in [0.2, 0.25) is 5.91 Å². The van der Waals surface area contributed by atoms with E-state index in [0.29, 0.717) is 0 Å². The SMILES string of the molecule is Cc1cccc(CCCNC(=O)C2CCN(Cc3ccccc3Cl)CC2)c1. The van der Waals surface area contributed by atoms with E-state index in [1.165, 1.54) is 16.7 Å². The minimum Gasteiger partial charge on any atom is -0.356 e. The van der Waals surface area contributed by atoms with E-state index in [0.717, 1.165) is 56.9 Å². The Kier molecular flexibility index (Phi) is 7.31. The van der Waals surface area contributed by atoms with E-state index in [1.54, 1.807) is 0 Å². The van der Waals surface area contributed by atoms with Crippen molar-refractivity contribution in [2.45, 2.75) is 39.2 Å². The van der Waals surface area contributed by atoms with Gasteiger partial charge in [-0.25, -0.2) is 0 Å². The number of halogens is 1. The average Bonchev–Trinajstić information content (AvgIpc) is 2.67. The monoisotopic (exact) mass is 384 g/mol. The number of benzene rings is 2. The molecule has 3 nitrogen and oxygen atoms in total. The molecule has 1 amide bonds. The van der Waals surface area contributed by atoms with Crippen LogP contribution in [0.4, 0.5) is 0 Å². The molecule has 0 aliphatic carbocycles. The van der Waals surface area contributed by atoms with Crippen LogP contribution in [0.15, 0.2) is 48.5 Å². The summed E-state index contributed by atoms with van der Waals surface area (Å²) in [5, 5.41) is 3.96. The summed E-state index contributed by atoms with van der Waals surface area (Å²) in [6.07, 6.45) is 3.85. The van der Waals surface area contributed by atoms with Gasteiger partial charge in [0.05, 0.1) is 0 Å². The molecule has 1 saturated heterocycles. The van der Waals surface area contributed by atoms with Crippen LogP contribution in [0.5, 0.6) is 0 Å². The summed E-state index contributed by atoms with van der Waals surface area (Å²) < 4.78 is 0.